The van der Waals surface area contributed by atoms with Crippen molar-refractivity contribution in [1.82, 2.24) is 0 Å². The first kappa shape index (κ1) is 41.5. The maximum absolute atomic E-state index is 2.52. The zero-order chi connectivity index (χ0) is 47.2. The second kappa shape index (κ2) is 16.3. The minimum absolute atomic E-state index is 0.0910. The Morgan fingerprint density at radius 1 is 0.296 bits per heavy atom. The average Bonchev–Trinajstić information content (AvgIpc) is 3.54. The van der Waals surface area contributed by atoms with Gasteiger partial charge in [-0.1, -0.05) is 184 Å². The summed E-state index contributed by atoms with van der Waals surface area (Å²) in [5, 5.41) is 4.92. The van der Waals surface area contributed by atoms with Crippen LogP contribution in [0.3, 0.4) is 0 Å². The van der Waals surface area contributed by atoms with Crippen LogP contribution in [0, 0.1) is 0 Å². The third-order valence-corrected chi connectivity index (χ3v) is 16.0. The van der Waals surface area contributed by atoms with Crippen LogP contribution in [0.25, 0.3) is 66.1 Å². The summed E-state index contributed by atoms with van der Waals surface area (Å²) in [6.07, 6.45) is 4.00. The highest BCUT2D eigenvalue weighted by atomic mass is 15.2. The minimum Gasteiger partial charge on any atom is -0.310 e. The molecule has 3 aliphatic rings. The number of hydrogen-bond acceptors (Lipinski definition) is 2. The summed E-state index contributed by atoms with van der Waals surface area (Å²) in [5.74, 6) is 0. The fourth-order valence-corrected chi connectivity index (χ4v) is 12.6. The van der Waals surface area contributed by atoms with Crippen molar-refractivity contribution in [1.29, 1.82) is 0 Å². The van der Waals surface area contributed by atoms with Crippen LogP contribution >= 0.6 is 0 Å². The van der Waals surface area contributed by atoms with Gasteiger partial charge in [0.25, 0.3) is 0 Å². The number of para-hydroxylation sites is 4. The zero-order valence-corrected chi connectivity index (χ0v) is 40.2. The number of rotatable bonds is 5. The van der Waals surface area contributed by atoms with Crippen molar-refractivity contribution in [2.24, 2.45) is 0 Å². The van der Waals surface area contributed by atoms with Gasteiger partial charge in [0.15, 0.2) is 0 Å². The Labute approximate surface area is 416 Å². The third kappa shape index (κ3) is 6.62. The van der Waals surface area contributed by atoms with E-state index in [1.807, 2.05) is 0 Å². The molecule has 71 heavy (non-hydrogen) atoms. The van der Waals surface area contributed by atoms with Gasteiger partial charge in [-0.3, -0.25) is 0 Å². The molecule has 0 saturated carbocycles. The van der Waals surface area contributed by atoms with Gasteiger partial charge in [0.05, 0.1) is 0 Å². The van der Waals surface area contributed by atoms with Gasteiger partial charge in [-0.15, -0.1) is 0 Å². The van der Waals surface area contributed by atoms with Crippen LogP contribution < -0.4 is 9.80 Å². The summed E-state index contributed by atoms with van der Waals surface area (Å²) < 4.78 is 0. The van der Waals surface area contributed by atoms with Gasteiger partial charge in [0.2, 0.25) is 0 Å². The van der Waals surface area contributed by atoms with Gasteiger partial charge in [-0.25, -0.2) is 0 Å². The summed E-state index contributed by atoms with van der Waals surface area (Å²) in [7, 11) is 0. The van der Waals surface area contributed by atoms with Gasteiger partial charge < -0.3 is 9.80 Å². The standard InChI is InChI=1S/C69H52N2/c1-69(2)61-26-11-10-25-55(61)56-38-35-51(42-62(56)69)50-23-16-24-52(41-50)68-58-40-37-53(70-63-27-12-6-17-45(63)31-32-46-18-7-13-28-64(46)70)43-59(58)67(49-21-4-3-5-22-49)57-39-36-54(44-60(57)68)71-65-29-14-8-19-47(65)33-34-48-20-9-15-30-66(48)71/h3-30,35-44H,31-34H2,1-2H3. The number of fused-ring (bicyclic) bond motifs is 9. The summed E-state index contributed by atoms with van der Waals surface area (Å²) in [5.41, 5.74) is 25.5. The second-order valence-corrected chi connectivity index (χ2v) is 20.3. The molecule has 0 atom stereocenters. The third-order valence-electron chi connectivity index (χ3n) is 16.0. The highest BCUT2D eigenvalue weighted by Gasteiger charge is 2.35. The Hall–Kier alpha value is -8.46. The van der Waals surface area contributed by atoms with E-state index in [0.717, 1.165) is 37.1 Å². The van der Waals surface area contributed by atoms with Gasteiger partial charge >= 0.3 is 0 Å². The predicted octanol–water partition coefficient (Wildman–Crippen LogP) is 18.4. The van der Waals surface area contributed by atoms with Crippen LogP contribution in [-0.2, 0) is 31.1 Å². The van der Waals surface area contributed by atoms with E-state index in [0.29, 0.717) is 0 Å². The van der Waals surface area contributed by atoms with Gasteiger partial charge in [0, 0.05) is 39.5 Å². The van der Waals surface area contributed by atoms with E-state index in [-0.39, 0.29) is 5.41 Å². The molecule has 0 amide bonds. The average molecular weight is 909 g/mol. The van der Waals surface area contributed by atoms with Gasteiger partial charge in [-0.2, -0.15) is 0 Å². The van der Waals surface area contributed by atoms with Crippen molar-refractivity contribution >= 4 is 55.7 Å². The molecule has 0 radical (unpaired) electrons. The predicted molar refractivity (Wildman–Crippen MR) is 300 cm³/mol. The fourth-order valence-electron chi connectivity index (χ4n) is 12.6. The molecular weight excluding hydrogens is 857 g/mol. The molecule has 0 bridgehead atoms. The van der Waals surface area contributed by atoms with E-state index >= 15 is 0 Å². The Bertz CT molecular complexity index is 3840. The molecule has 0 unspecified atom stereocenters. The Kier molecular flexibility index (Phi) is 9.54. The molecule has 0 N–H and O–H groups in total. The maximum Gasteiger partial charge on any atom is 0.0493 e. The van der Waals surface area contributed by atoms with Crippen molar-refractivity contribution in [2.45, 2.75) is 44.9 Å². The minimum atomic E-state index is -0.0910. The summed E-state index contributed by atoms with van der Waals surface area (Å²) in [4.78, 5) is 5.03. The van der Waals surface area contributed by atoms with Crippen LogP contribution in [-0.4, -0.2) is 0 Å². The summed E-state index contributed by atoms with van der Waals surface area (Å²) in [6, 6.07) is 87.1. The molecule has 2 nitrogen and oxygen atoms in total. The quantitative estimate of drug-likeness (QED) is 0.159. The molecule has 14 rings (SSSR count). The highest BCUT2D eigenvalue weighted by molar-refractivity contribution is 6.23. The van der Waals surface area contributed by atoms with E-state index in [9.17, 15) is 0 Å². The first-order valence-corrected chi connectivity index (χ1v) is 25.3. The lowest BCUT2D eigenvalue weighted by Gasteiger charge is -2.29. The van der Waals surface area contributed by atoms with Gasteiger partial charge in [0.1, 0.15) is 0 Å². The van der Waals surface area contributed by atoms with Crippen LogP contribution in [0.1, 0.15) is 47.2 Å². The molecule has 338 valence electrons. The summed E-state index contributed by atoms with van der Waals surface area (Å²) in [6.45, 7) is 4.75. The molecule has 0 spiro atoms. The topological polar surface area (TPSA) is 6.48 Å². The van der Waals surface area contributed by atoms with E-state index in [1.165, 1.54) is 122 Å². The Morgan fingerprint density at radius 3 is 1.27 bits per heavy atom. The lowest BCUT2D eigenvalue weighted by atomic mass is 9.81. The lowest BCUT2D eigenvalue weighted by molar-refractivity contribution is 0.660. The molecule has 11 aromatic carbocycles. The number of anilines is 6. The molecule has 0 saturated heterocycles. The Morgan fingerprint density at radius 2 is 0.718 bits per heavy atom. The molecule has 2 heteroatoms. The first-order chi connectivity index (χ1) is 35.0. The zero-order valence-electron chi connectivity index (χ0n) is 40.2. The largest absolute Gasteiger partial charge is 0.310 e. The SMILES string of the molecule is CC1(C)c2ccccc2-c2ccc(-c3cccc(-c4c5ccc(N6c7ccccc7CCc7ccccc76)cc5c(-c5ccccc5)c5ccc(N6c7ccccc7CCc7ccccc76)cc45)c3)cc21. The molecule has 2 aliphatic heterocycles. The molecule has 11 aromatic rings. The summed E-state index contributed by atoms with van der Waals surface area (Å²) >= 11 is 0. The van der Waals surface area contributed by atoms with Crippen LogP contribution in [0.15, 0.2) is 231 Å². The number of hydrogen-bond donors (Lipinski definition) is 0. The molecular formula is C69H52N2. The van der Waals surface area contributed by atoms with E-state index < -0.39 is 0 Å². The smallest absolute Gasteiger partial charge is 0.0493 e. The van der Waals surface area contributed by atoms with Crippen LogP contribution in [0.2, 0.25) is 0 Å². The second-order valence-electron chi connectivity index (χ2n) is 20.3. The molecule has 2 heterocycles. The van der Waals surface area contributed by atoms with Crippen LogP contribution in [0.4, 0.5) is 34.1 Å². The fraction of sp³-hybridized carbons (Fsp3) is 0.101. The molecule has 0 aromatic heterocycles. The van der Waals surface area contributed by atoms with Crippen LogP contribution in [0.5, 0.6) is 0 Å². The van der Waals surface area contributed by atoms with Crippen molar-refractivity contribution < 1.29 is 0 Å². The molecule has 0 fully saturated rings. The lowest BCUT2D eigenvalue weighted by Crippen LogP contribution is -2.14. The monoisotopic (exact) mass is 908 g/mol. The number of nitrogens with zero attached hydrogens (tertiary/aromatic N) is 2. The van der Waals surface area contributed by atoms with Crippen molar-refractivity contribution in [2.75, 3.05) is 9.80 Å². The van der Waals surface area contributed by atoms with E-state index in [1.54, 1.807) is 0 Å². The van der Waals surface area contributed by atoms with Crippen molar-refractivity contribution in [3.63, 3.8) is 0 Å². The number of benzene rings is 11. The van der Waals surface area contributed by atoms with Crippen molar-refractivity contribution in [3.05, 3.63) is 264 Å². The van der Waals surface area contributed by atoms with Gasteiger partial charge in [-0.05, 0) is 186 Å². The first-order valence-electron chi connectivity index (χ1n) is 25.3. The number of aryl methyl sites for hydroxylation is 4. The van der Waals surface area contributed by atoms with Crippen molar-refractivity contribution in [3.8, 4) is 44.5 Å². The molecule has 1 aliphatic carbocycles. The maximum atomic E-state index is 2.52. The Balaban J connectivity index is 1.05. The normalized spacial score (nSPS) is 14.2. The highest BCUT2D eigenvalue weighted by Crippen LogP contribution is 2.52. The van der Waals surface area contributed by atoms with E-state index in [4.69, 9.17) is 0 Å². The van der Waals surface area contributed by atoms with E-state index in [2.05, 4.69) is 254 Å².